The van der Waals surface area contributed by atoms with E-state index in [1.807, 2.05) is 81.4 Å². The maximum atomic E-state index is 14.3. The molecule has 3 heterocycles. The number of rotatable bonds is 21. The van der Waals surface area contributed by atoms with E-state index in [1.54, 1.807) is 25.9 Å². The Balaban J connectivity index is 1.29. The van der Waals surface area contributed by atoms with Gasteiger partial charge in [-0.15, -0.1) is 0 Å². The summed E-state index contributed by atoms with van der Waals surface area (Å²) in [6, 6.07) is 16.2. The first kappa shape index (κ1) is 43.7. The highest BCUT2D eigenvalue weighted by Gasteiger charge is 2.51. The molecule has 58 heavy (non-hydrogen) atoms. The number of aromatic nitrogens is 1. The van der Waals surface area contributed by atoms with E-state index in [-0.39, 0.29) is 68.6 Å². The third-order valence-corrected chi connectivity index (χ3v) is 10.3. The standard InChI is InChI=1S/C43H56N6O9/c1-27(2)19-34(39(52)43(4)26-57-43)45-41(54)36(21-30-15-11-8-12-16-30)49-28(3)20-35(42(49)55)46-40(53)33(18-17-29-13-9-7-10-14-29)44-37(50)23-31-22-32(58-47-31)25-56-38(51)24-48(5)6/h7-16,22,27-28,33-36H,17-21,23-26H2,1-6H3,(H,44,50)(H,45,54)(H,46,53)/t28?,33-,34-,35-,36-,43?/m0/s1. The van der Waals surface area contributed by atoms with Crippen LogP contribution in [0.3, 0.4) is 0 Å². The Kier molecular flexibility index (Phi) is 14.9. The summed E-state index contributed by atoms with van der Waals surface area (Å²) in [4.78, 5) is 84.4. The van der Waals surface area contributed by atoms with Crippen LogP contribution < -0.4 is 16.0 Å². The second-order valence-electron chi connectivity index (χ2n) is 16.2. The van der Waals surface area contributed by atoms with Crippen LogP contribution in [-0.4, -0.2) is 113 Å². The second kappa shape index (κ2) is 19.8. The van der Waals surface area contributed by atoms with E-state index in [1.165, 1.54) is 11.0 Å². The van der Waals surface area contributed by atoms with Crippen LogP contribution in [0.15, 0.2) is 71.3 Å². The van der Waals surface area contributed by atoms with Crippen molar-refractivity contribution in [3.05, 3.63) is 89.3 Å². The first-order valence-electron chi connectivity index (χ1n) is 19.8. The number of hydrogen-bond donors (Lipinski definition) is 3. The van der Waals surface area contributed by atoms with Gasteiger partial charge in [-0.1, -0.05) is 79.7 Å². The fourth-order valence-corrected chi connectivity index (χ4v) is 7.15. The van der Waals surface area contributed by atoms with E-state index in [0.29, 0.717) is 12.8 Å². The third kappa shape index (κ3) is 12.3. The van der Waals surface area contributed by atoms with Crippen LogP contribution >= 0.6 is 0 Å². The molecule has 2 aliphatic heterocycles. The lowest BCUT2D eigenvalue weighted by molar-refractivity contribution is -0.146. The molecule has 5 rings (SSSR count). The van der Waals surface area contributed by atoms with Gasteiger partial charge in [0.2, 0.25) is 23.6 Å². The molecule has 0 saturated carbocycles. The van der Waals surface area contributed by atoms with E-state index < -0.39 is 65.4 Å². The van der Waals surface area contributed by atoms with Gasteiger partial charge in [0.25, 0.3) is 0 Å². The molecular weight excluding hydrogens is 745 g/mol. The number of aryl methyl sites for hydroxylation is 1. The molecular formula is C43H56N6O9. The monoisotopic (exact) mass is 800 g/mol. The molecule has 15 heteroatoms. The van der Waals surface area contributed by atoms with E-state index in [2.05, 4.69) is 21.1 Å². The van der Waals surface area contributed by atoms with Crippen LogP contribution in [0.1, 0.15) is 69.5 Å². The van der Waals surface area contributed by atoms with E-state index >= 15 is 0 Å². The largest absolute Gasteiger partial charge is 0.456 e. The Morgan fingerprint density at radius 2 is 1.62 bits per heavy atom. The van der Waals surface area contributed by atoms with Crippen LogP contribution in [0.25, 0.3) is 0 Å². The number of benzene rings is 2. The number of amides is 4. The summed E-state index contributed by atoms with van der Waals surface area (Å²) in [5.74, 6) is -2.22. The first-order chi connectivity index (χ1) is 27.6. The second-order valence-corrected chi connectivity index (χ2v) is 16.2. The predicted octanol–water partition coefficient (Wildman–Crippen LogP) is 2.55. The Labute approximate surface area is 339 Å². The van der Waals surface area contributed by atoms with Gasteiger partial charge in [-0.25, -0.2) is 0 Å². The van der Waals surface area contributed by atoms with Crippen LogP contribution in [0.2, 0.25) is 0 Å². The average Bonchev–Trinajstić information content (AvgIpc) is 3.67. The number of ketones is 1. The molecule has 3 aromatic rings. The number of Topliss-reactive ketones (excluding diaryl/α,β-unsaturated/α-hetero) is 1. The molecule has 2 unspecified atom stereocenters. The lowest BCUT2D eigenvalue weighted by Crippen LogP contribution is -2.57. The Morgan fingerprint density at radius 3 is 2.24 bits per heavy atom. The van der Waals surface area contributed by atoms with Crippen molar-refractivity contribution in [3.8, 4) is 0 Å². The van der Waals surface area contributed by atoms with Crippen LogP contribution in [0.5, 0.6) is 0 Å². The zero-order valence-corrected chi connectivity index (χ0v) is 34.2. The number of ether oxygens (including phenoxy) is 2. The van der Waals surface area contributed by atoms with Gasteiger partial charge >= 0.3 is 5.97 Å². The fraction of sp³-hybridized carbons (Fsp3) is 0.512. The zero-order chi connectivity index (χ0) is 42.0. The van der Waals surface area contributed by atoms with Gasteiger partial charge in [-0.3, -0.25) is 33.7 Å². The smallest absolute Gasteiger partial charge is 0.320 e. The van der Waals surface area contributed by atoms with Crippen LogP contribution in [0.4, 0.5) is 0 Å². The molecule has 2 aromatic carbocycles. The van der Waals surface area contributed by atoms with Crippen LogP contribution in [-0.2, 0) is 64.1 Å². The highest BCUT2D eigenvalue weighted by Crippen LogP contribution is 2.30. The summed E-state index contributed by atoms with van der Waals surface area (Å²) in [5.41, 5.74) is 1.13. The van der Waals surface area contributed by atoms with Crippen molar-refractivity contribution >= 4 is 35.4 Å². The van der Waals surface area contributed by atoms with Gasteiger partial charge in [-0.05, 0) is 70.7 Å². The lowest BCUT2D eigenvalue weighted by Gasteiger charge is -2.33. The number of nitrogens with zero attached hydrogens (tertiary/aromatic N) is 3. The minimum atomic E-state index is -1.01. The number of carbonyl (C=O) groups is 6. The van der Waals surface area contributed by atoms with Crippen molar-refractivity contribution < 1.29 is 42.8 Å². The molecule has 2 fully saturated rings. The van der Waals surface area contributed by atoms with Gasteiger partial charge < -0.3 is 34.8 Å². The molecule has 0 spiro atoms. The molecule has 15 nitrogen and oxygen atoms in total. The highest BCUT2D eigenvalue weighted by atomic mass is 16.6. The van der Waals surface area contributed by atoms with Crippen molar-refractivity contribution in [2.45, 2.75) is 109 Å². The summed E-state index contributed by atoms with van der Waals surface area (Å²) in [6.07, 6.45) is 1.32. The van der Waals surface area contributed by atoms with Crippen LogP contribution in [0, 0.1) is 5.92 Å². The van der Waals surface area contributed by atoms with E-state index in [0.717, 1.165) is 11.1 Å². The molecule has 3 N–H and O–H groups in total. The quantitative estimate of drug-likeness (QED) is 0.106. The van der Waals surface area contributed by atoms with Crippen molar-refractivity contribution in [3.63, 3.8) is 0 Å². The number of likely N-dealkylation sites (tertiary alicyclic amines) is 1. The van der Waals surface area contributed by atoms with Crippen molar-refractivity contribution in [2.24, 2.45) is 5.92 Å². The molecule has 4 amide bonds. The van der Waals surface area contributed by atoms with Gasteiger partial charge in [0.1, 0.15) is 23.7 Å². The third-order valence-electron chi connectivity index (χ3n) is 10.3. The predicted molar refractivity (Wildman–Crippen MR) is 213 cm³/mol. The van der Waals surface area contributed by atoms with Crippen molar-refractivity contribution in [1.82, 2.24) is 30.9 Å². The molecule has 0 aliphatic carbocycles. The van der Waals surface area contributed by atoms with Crippen molar-refractivity contribution in [1.29, 1.82) is 0 Å². The summed E-state index contributed by atoms with van der Waals surface area (Å²) in [5, 5.41) is 12.6. The Hall–Kier alpha value is -5.41. The minimum absolute atomic E-state index is 0.0968. The molecule has 1 aromatic heterocycles. The molecule has 6 atom stereocenters. The Bertz CT molecular complexity index is 1900. The topological polar surface area (TPSA) is 193 Å². The average molecular weight is 801 g/mol. The Morgan fingerprint density at radius 1 is 0.966 bits per heavy atom. The molecule has 0 bridgehead atoms. The minimum Gasteiger partial charge on any atom is -0.456 e. The number of esters is 1. The molecule has 312 valence electrons. The summed E-state index contributed by atoms with van der Waals surface area (Å²) in [7, 11) is 3.48. The SMILES string of the molecule is CC(C)C[C@H](NC(=O)[C@H](Cc1ccccc1)N1C(=O)[C@@H](NC(=O)[C@H](CCc2ccccc2)NC(=O)Cc2cc(COC(=O)CN(C)C)on2)CC1C)C(=O)C1(C)CO1. The number of nitrogens with one attached hydrogen (secondary N) is 3. The number of carbonyl (C=O) groups excluding carboxylic acids is 6. The van der Waals surface area contributed by atoms with Gasteiger partial charge in [0.15, 0.2) is 18.2 Å². The van der Waals surface area contributed by atoms with Gasteiger partial charge in [-0.2, -0.15) is 0 Å². The molecule has 0 radical (unpaired) electrons. The summed E-state index contributed by atoms with van der Waals surface area (Å²) >= 11 is 0. The molecule has 2 aliphatic rings. The maximum Gasteiger partial charge on any atom is 0.320 e. The zero-order valence-electron chi connectivity index (χ0n) is 34.2. The van der Waals surface area contributed by atoms with Gasteiger partial charge in [0.05, 0.1) is 31.3 Å². The highest BCUT2D eigenvalue weighted by molar-refractivity contribution is 5.99. The maximum absolute atomic E-state index is 14.3. The van der Waals surface area contributed by atoms with Crippen molar-refractivity contribution in [2.75, 3.05) is 27.2 Å². The molecule has 2 saturated heterocycles. The summed E-state index contributed by atoms with van der Waals surface area (Å²) < 4.78 is 15.9. The normalized spacial score (nSPS) is 20.3. The number of epoxide rings is 1. The number of hydrogen-bond acceptors (Lipinski definition) is 11. The fourth-order valence-electron chi connectivity index (χ4n) is 7.15. The summed E-state index contributed by atoms with van der Waals surface area (Å²) in [6.45, 7) is 7.72. The number of likely N-dealkylation sites (N-methyl/N-ethyl adjacent to an activating group) is 1. The van der Waals surface area contributed by atoms with Gasteiger partial charge in [0, 0.05) is 18.5 Å². The first-order valence-corrected chi connectivity index (χ1v) is 19.8. The lowest BCUT2D eigenvalue weighted by atomic mass is 9.92. The van der Waals surface area contributed by atoms with E-state index in [4.69, 9.17) is 14.0 Å². The van der Waals surface area contributed by atoms with E-state index in [9.17, 15) is 28.8 Å².